The molecule has 38 heavy (non-hydrogen) atoms. The van der Waals surface area contributed by atoms with Crippen molar-refractivity contribution in [3.63, 3.8) is 0 Å². The summed E-state index contributed by atoms with van der Waals surface area (Å²) in [7, 11) is -3.63. The van der Waals surface area contributed by atoms with E-state index < -0.39 is 10.0 Å². The Balaban J connectivity index is 1.47. The molecule has 0 saturated carbocycles. The first kappa shape index (κ1) is 26.6. The standard InChI is InChI=1S/C29H33N3O4S2/c1-4-22-9-5-6-17-32(22)38(34,35)24-15-13-21(14-16-24)28(33)31(19-23-10-8-18-36-23)29-30-27-25(20(2)3)11-7-12-26(27)37-29/h7-8,10-16,18,20,22H,4-6,9,17,19H2,1-3H3. The lowest BCUT2D eigenvalue weighted by atomic mass is 10.0. The van der Waals surface area contributed by atoms with E-state index in [-0.39, 0.29) is 23.4 Å². The Morgan fingerprint density at radius 1 is 1.13 bits per heavy atom. The zero-order valence-corrected chi connectivity index (χ0v) is 23.6. The Bertz CT molecular complexity index is 1510. The second kappa shape index (κ2) is 11.0. The van der Waals surface area contributed by atoms with Crippen molar-refractivity contribution in [2.75, 3.05) is 11.4 Å². The predicted octanol–water partition coefficient (Wildman–Crippen LogP) is 6.81. The molecule has 1 saturated heterocycles. The lowest BCUT2D eigenvalue weighted by Gasteiger charge is -2.34. The monoisotopic (exact) mass is 551 g/mol. The zero-order chi connectivity index (χ0) is 26.9. The molecule has 0 N–H and O–H groups in total. The zero-order valence-electron chi connectivity index (χ0n) is 22.0. The van der Waals surface area contributed by atoms with E-state index in [0.29, 0.717) is 28.9 Å². The molecular weight excluding hydrogens is 518 g/mol. The van der Waals surface area contributed by atoms with Crippen LogP contribution < -0.4 is 4.90 Å². The minimum Gasteiger partial charge on any atom is -0.467 e. The van der Waals surface area contributed by atoms with Crippen molar-refractivity contribution in [2.45, 2.75) is 69.9 Å². The first-order valence-electron chi connectivity index (χ1n) is 13.1. The van der Waals surface area contributed by atoms with Crippen molar-refractivity contribution in [2.24, 2.45) is 0 Å². The van der Waals surface area contributed by atoms with Gasteiger partial charge in [0.25, 0.3) is 5.91 Å². The van der Waals surface area contributed by atoms with Gasteiger partial charge < -0.3 is 4.42 Å². The third kappa shape index (κ3) is 5.15. The van der Waals surface area contributed by atoms with Gasteiger partial charge in [0, 0.05) is 18.2 Å². The number of hydrogen-bond donors (Lipinski definition) is 0. The molecule has 1 unspecified atom stereocenters. The van der Waals surface area contributed by atoms with Gasteiger partial charge in [-0.3, -0.25) is 9.69 Å². The molecule has 0 spiro atoms. The molecule has 1 aliphatic heterocycles. The van der Waals surface area contributed by atoms with Crippen LogP contribution in [0.1, 0.15) is 74.1 Å². The van der Waals surface area contributed by atoms with Gasteiger partial charge in [0.2, 0.25) is 10.0 Å². The molecule has 200 valence electrons. The minimum atomic E-state index is -3.63. The molecule has 0 aliphatic carbocycles. The largest absolute Gasteiger partial charge is 0.467 e. The number of benzene rings is 2. The number of carbonyl (C=O) groups excluding carboxylic acids is 1. The average Bonchev–Trinajstić information content (AvgIpc) is 3.61. The predicted molar refractivity (Wildman–Crippen MR) is 151 cm³/mol. The van der Waals surface area contributed by atoms with Gasteiger partial charge in [0.05, 0.1) is 27.9 Å². The number of fused-ring (bicyclic) bond motifs is 1. The minimum absolute atomic E-state index is 0.0219. The van der Waals surface area contributed by atoms with Gasteiger partial charge in [-0.2, -0.15) is 4.31 Å². The Kier molecular flexibility index (Phi) is 7.70. The number of rotatable bonds is 8. The van der Waals surface area contributed by atoms with Gasteiger partial charge >= 0.3 is 0 Å². The Hall–Kier alpha value is -3.01. The maximum absolute atomic E-state index is 13.8. The highest BCUT2D eigenvalue weighted by molar-refractivity contribution is 7.89. The first-order chi connectivity index (χ1) is 18.3. The highest BCUT2D eigenvalue weighted by atomic mass is 32.2. The highest BCUT2D eigenvalue weighted by Gasteiger charge is 2.33. The second-order valence-corrected chi connectivity index (χ2v) is 12.9. The van der Waals surface area contributed by atoms with Crippen LogP contribution in [0.15, 0.2) is 70.2 Å². The summed E-state index contributed by atoms with van der Waals surface area (Å²) in [5.41, 5.74) is 2.42. The summed E-state index contributed by atoms with van der Waals surface area (Å²) < 4.78 is 35.0. The molecule has 3 heterocycles. The molecule has 9 heteroatoms. The summed E-state index contributed by atoms with van der Waals surface area (Å²) in [6.45, 7) is 7.03. The number of sulfonamides is 1. The first-order valence-corrected chi connectivity index (χ1v) is 15.4. The second-order valence-electron chi connectivity index (χ2n) is 10.0. The van der Waals surface area contributed by atoms with Gasteiger partial charge in [-0.25, -0.2) is 13.4 Å². The molecule has 0 bridgehead atoms. The third-order valence-corrected chi connectivity index (χ3v) is 10.2. The van der Waals surface area contributed by atoms with Crippen LogP contribution in [0, 0.1) is 0 Å². The summed E-state index contributed by atoms with van der Waals surface area (Å²) in [6.07, 6.45) is 5.17. The number of aromatic nitrogens is 1. The maximum atomic E-state index is 13.8. The van der Waals surface area contributed by atoms with E-state index in [1.54, 1.807) is 45.8 Å². The van der Waals surface area contributed by atoms with Crippen LogP contribution in [-0.2, 0) is 16.6 Å². The maximum Gasteiger partial charge on any atom is 0.260 e. The van der Waals surface area contributed by atoms with Crippen LogP contribution in [-0.4, -0.2) is 36.2 Å². The molecule has 7 nitrogen and oxygen atoms in total. The number of nitrogens with zero attached hydrogens (tertiary/aromatic N) is 3. The molecule has 2 aromatic heterocycles. The summed E-state index contributed by atoms with van der Waals surface area (Å²) in [4.78, 5) is 20.5. The van der Waals surface area contributed by atoms with Gasteiger partial charge in [-0.15, -0.1) is 0 Å². The molecule has 4 aromatic rings. The van der Waals surface area contributed by atoms with Crippen LogP contribution >= 0.6 is 11.3 Å². The van der Waals surface area contributed by atoms with Crippen LogP contribution in [0.4, 0.5) is 5.13 Å². The molecule has 1 atom stereocenters. The number of hydrogen-bond acceptors (Lipinski definition) is 6. The van der Waals surface area contributed by atoms with Crippen LogP contribution in [0.25, 0.3) is 10.2 Å². The number of carbonyl (C=O) groups is 1. The van der Waals surface area contributed by atoms with E-state index in [9.17, 15) is 13.2 Å². The Morgan fingerprint density at radius 2 is 1.92 bits per heavy atom. The molecular formula is C29H33N3O4S2. The van der Waals surface area contributed by atoms with Crippen LogP contribution in [0.2, 0.25) is 0 Å². The number of para-hydroxylation sites is 1. The molecule has 5 rings (SSSR count). The van der Waals surface area contributed by atoms with Gasteiger partial charge in [0.1, 0.15) is 5.76 Å². The molecule has 1 aliphatic rings. The summed E-state index contributed by atoms with van der Waals surface area (Å²) in [5.74, 6) is 0.668. The Morgan fingerprint density at radius 3 is 2.61 bits per heavy atom. The fourth-order valence-electron chi connectivity index (χ4n) is 5.08. The van der Waals surface area contributed by atoms with Crippen molar-refractivity contribution < 1.29 is 17.6 Å². The normalized spacial score (nSPS) is 16.8. The highest BCUT2D eigenvalue weighted by Crippen LogP contribution is 2.35. The number of anilines is 1. The van der Waals surface area contributed by atoms with E-state index in [0.717, 1.165) is 41.5 Å². The lowest BCUT2D eigenvalue weighted by Crippen LogP contribution is -2.43. The number of thiazole rings is 1. The van der Waals surface area contributed by atoms with Crippen molar-refractivity contribution in [3.8, 4) is 0 Å². The summed E-state index contributed by atoms with van der Waals surface area (Å²) in [6, 6.07) is 16.0. The third-order valence-electron chi connectivity index (χ3n) is 7.18. The molecule has 1 amide bonds. The SMILES string of the molecule is CCC1CCCCN1S(=O)(=O)c1ccc(C(=O)N(Cc2ccco2)c2nc3c(C(C)C)cccc3s2)cc1. The molecule has 1 fully saturated rings. The number of amides is 1. The average molecular weight is 552 g/mol. The summed E-state index contributed by atoms with van der Waals surface area (Å²) in [5, 5.41) is 0.574. The van der Waals surface area contributed by atoms with E-state index in [4.69, 9.17) is 9.40 Å². The van der Waals surface area contributed by atoms with Crippen molar-refractivity contribution in [1.29, 1.82) is 0 Å². The number of piperidine rings is 1. The van der Waals surface area contributed by atoms with E-state index in [1.807, 2.05) is 25.1 Å². The van der Waals surface area contributed by atoms with Crippen molar-refractivity contribution >= 4 is 42.6 Å². The van der Waals surface area contributed by atoms with Gasteiger partial charge in [-0.1, -0.05) is 50.7 Å². The van der Waals surface area contributed by atoms with Crippen molar-refractivity contribution in [3.05, 3.63) is 77.7 Å². The fraction of sp³-hybridized carbons (Fsp3) is 0.379. The molecule has 2 aromatic carbocycles. The van der Waals surface area contributed by atoms with Gasteiger partial charge in [-0.05, 0) is 73.2 Å². The fourth-order valence-corrected chi connectivity index (χ4v) is 7.85. The lowest BCUT2D eigenvalue weighted by molar-refractivity contribution is 0.0983. The number of furan rings is 1. The van der Waals surface area contributed by atoms with Crippen molar-refractivity contribution in [1.82, 2.24) is 9.29 Å². The Labute approximate surface area is 228 Å². The van der Waals surface area contributed by atoms with E-state index in [2.05, 4.69) is 19.9 Å². The smallest absolute Gasteiger partial charge is 0.260 e. The molecule has 0 radical (unpaired) electrons. The van der Waals surface area contributed by atoms with E-state index in [1.165, 1.54) is 11.3 Å². The van der Waals surface area contributed by atoms with Gasteiger partial charge in [0.15, 0.2) is 5.13 Å². The quantitative estimate of drug-likeness (QED) is 0.240. The van der Waals surface area contributed by atoms with Crippen LogP contribution in [0.5, 0.6) is 0 Å². The summed E-state index contributed by atoms with van der Waals surface area (Å²) >= 11 is 1.46. The van der Waals surface area contributed by atoms with Crippen LogP contribution in [0.3, 0.4) is 0 Å². The topological polar surface area (TPSA) is 83.7 Å². The van der Waals surface area contributed by atoms with E-state index >= 15 is 0 Å².